The summed E-state index contributed by atoms with van der Waals surface area (Å²) in [6.45, 7) is 0. The van der Waals surface area contributed by atoms with Crippen molar-refractivity contribution in [3.8, 4) is 0 Å². The normalized spacial score (nSPS) is 20.6. The van der Waals surface area contributed by atoms with Crippen molar-refractivity contribution in [1.82, 2.24) is 0 Å². The molecule has 0 aliphatic carbocycles. The minimum atomic E-state index is -1.03. The van der Waals surface area contributed by atoms with Crippen molar-refractivity contribution in [3.05, 3.63) is 82.4 Å². The highest BCUT2D eigenvalue weighted by molar-refractivity contribution is 6.32. The molecule has 3 aromatic carbocycles. The van der Waals surface area contributed by atoms with Gasteiger partial charge in [-0.1, -0.05) is 35.5 Å². The molecule has 2 amide bonds. The third-order valence-corrected chi connectivity index (χ3v) is 5.18. The number of anilines is 1. The molecular weight excluding hydrogens is 374 g/mol. The number of oxime groups is 1. The maximum absolute atomic E-state index is 13.1. The van der Waals surface area contributed by atoms with Crippen LogP contribution in [-0.4, -0.2) is 28.6 Å². The van der Waals surface area contributed by atoms with Gasteiger partial charge in [0.05, 0.1) is 10.6 Å². The number of nitrogens with zero attached hydrogens (tertiary/aromatic N) is 3. The van der Waals surface area contributed by atoms with Gasteiger partial charge < -0.3 is 4.84 Å². The Balaban J connectivity index is 1.49. The highest BCUT2D eigenvalue weighted by Gasteiger charge is 2.56. The summed E-state index contributed by atoms with van der Waals surface area (Å²) in [6, 6.07) is 18.7. The Hall–Kier alpha value is -4.07. The molecule has 2 aliphatic heterocycles. The first-order chi connectivity index (χ1) is 14.0. The van der Waals surface area contributed by atoms with E-state index in [4.69, 9.17) is 4.84 Å². The third kappa shape index (κ3) is 2.57. The van der Waals surface area contributed by atoms with Crippen LogP contribution in [0.3, 0.4) is 0 Å². The molecule has 2 atom stereocenters. The minimum Gasteiger partial charge on any atom is -0.381 e. The third-order valence-electron chi connectivity index (χ3n) is 5.18. The number of nitro groups is 1. The first-order valence-corrected chi connectivity index (χ1v) is 8.90. The van der Waals surface area contributed by atoms with Crippen molar-refractivity contribution < 1.29 is 19.3 Å². The molecule has 0 radical (unpaired) electrons. The van der Waals surface area contributed by atoms with Gasteiger partial charge in [-0.3, -0.25) is 19.7 Å². The van der Waals surface area contributed by atoms with Crippen LogP contribution in [0.15, 0.2) is 71.9 Å². The quantitative estimate of drug-likeness (QED) is 0.390. The molecule has 0 bridgehead atoms. The second-order valence-electron chi connectivity index (χ2n) is 6.83. The van der Waals surface area contributed by atoms with Crippen LogP contribution in [0.5, 0.6) is 0 Å². The van der Waals surface area contributed by atoms with E-state index >= 15 is 0 Å². The Morgan fingerprint density at radius 2 is 1.66 bits per heavy atom. The Kier molecular flexibility index (Phi) is 3.67. The van der Waals surface area contributed by atoms with Crippen molar-refractivity contribution >= 4 is 39.7 Å². The zero-order valence-electron chi connectivity index (χ0n) is 14.9. The summed E-state index contributed by atoms with van der Waals surface area (Å²) < 4.78 is 0. The summed E-state index contributed by atoms with van der Waals surface area (Å²) in [7, 11) is 0. The first-order valence-electron chi connectivity index (χ1n) is 8.90. The van der Waals surface area contributed by atoms with Crippen molar-refractivity contribution in [3.63, 3.8) is 0 Å². The Labute approximate surface area is 164 Å². The molecule has 5 rings (SSSR count). The van der Waals surface area contributed by atoms with Crippen LogP contribution in [0.1, 0.15) is 5.56 Å². The van der Waals surface area contributed by atoms with E-state index in [0.717, 1.165) is 15.7 Å². The zero-order chi connectivity index (χ0) is 20.1. The standard InChI is InChI=1S/C21H13N3O5/c25-20-17-18(13-6-8-15(9-7-13)24(27)28)22-29-19(17)21(26)23(20)16-10-5-12-3-1-2-4-14(12)11-16/h1-11,17,19H/t17-,19-/m1/s1. The Bertz CT molecular complexity index is 1220. The maximum Gasteiger partial charge on any atom is 0.278 e. The monoisotopic (exact) mass is 387 g/mol. The van der Waals surface area contributed by atoms with Crippen LogP contribution in [0.2, 0.25) is 0 Å². The second-order valence-corrected chi connectivity index (χ2v) is 6.83. The van der Waals surface area contributed by atoms with Gasteiger partial charge in [-0.2, -0.15) is 0 Å². The number of imide groups is 1. The lowest BCUT2D eigenvalue weighted by molar-refractivity contribution is -0.384. The summed E-state index contributed by atoms with van der Waals surface area (Å²) in [5.41, 5.74) is 1.20. The number of hydrogen-bond donors (Lipinski definition) is 0. The topological polar surface area (TPSA) is 102 Å². The van der Waals surface area contributed by atoms with Gasteiger partial charge in [0.2, 0.25) is 12.0 Å². The first kappa shape index (κ1) is 17.1. The molecule has 8 nitrogen and oxygen atoms in total. The molecule has 29 heavy (non-hydrogen) atoms. The molecule has 2 heterocycles. The van der Waals surface area contributed by atoms with Gasteiger partial charge in [0.25, 0.3) is 11.6 Å². The summed E-state index contributed by atoms with van der Waals surface area (Å²) in [6.07, 6.45) is -1.03. The number of fused-ring (bicyclic) bond motifs is 2. The molecule has 0 spiro atoms. The summed E-state index contributed by atoms with van der Waals surface area (Å²) in [4.78, 5) is 42.8. The number of carbonyl (C=O) groups excluding carboxylic acids is 2. The largest absolute Gasteiger partial charge is 0.381 e. The van der Waals surface area contributed by atoms with Gasteiger partial charge in [-0.15, -0.1) is 0 Å². The Morgan fingerprint density at radius 3 is 2.38 bits per heavy atom. The van der Waals surface area contributed by atoms with E-state index in [1.165, 1.54) is 24.3 Å². The molecule has 0 unspecified atom stereocenters. The molecule has 1 fully saturated rings. The predicted molar refractivity (Wildman–Crippen MR) is 104 cm³/mol. The average Bonchev–Trinajstić information content (AvgIpc) is 3.28. The number of non-ortho nitro benzene ring substituents is 1. The number of carbonyl (C=O) groups is 2. The van der Waals surface area contributed by atoms with E-state index in [9.17, 15) is 19.7 Å². The lowest BCUT2D eigenvalue weighted by Crippen LogP contribution is -2.33. The molecule has 2 aliphatic rings. The van der Waals surface area contributed by atoms with Gasteiger partial charge in [-0.25, -0.2) is 4.90 Å². The van der Waals surface area contributed by atoms with Crippen LogP contribution < -0.4 is 4.90 Å². The van der Waals surface area contributed by atoms with Crippen LogP contribution in [0.25, 0.3) is 10.8 Å². The smallest absolute Gasteiger partial charge is 0.278 e. The summed E-state index contributed by atoms with van der Waals surface area (Å²) in [5, 5.41) is 16.7. The average molecular weight is 387 g/mol. The molecule has 3 aromatic rings. The van der Waals surface area contributed by atoms with Gasteiger partial charge in [0.1, 0.15) is 11.6 Å². The second kappa shape index (κ2) is 6.23. The SMILES string of the molecule is O=C1[C@@H]2C(c3ccc([N+](=O)[O-])cc3)=NO[C@H]2C(=O)N1c1ccc2ccccc2c1. The molecule has 8 heteroatoms. The van der Waals surface area contributed by atoms with Crippen molar-refractivity contribution in [2.45, 2.75) is 6.10 Å². The fraction of sp³-hybridized carbons (Fsp3) is 0.0952. The van der Waals surface area contributed by atoms with E-state index in [0.29, 0.717) is 17.0 Å². The zero-order valence-corrected chi connectivity index (χ0v) is 14.9. The molecule has 142 valence electrons. The van der Waals surface area contributed by atoms with Crippen molar-refractivity contribution in [2.75, 3.05) is 4.90 Å². The van der Waals surface area contributed by atoms with Crippen LogP contribution in [0, 0.1) is 16.0 Å². The van der Waals surface area contributed by atoms with Crippen LogP contribution >= 0.6 is 0 Å². The predicted octanol–water partition coefficient (Wildman–Crippen LogP) is 3.04. The molecule has 0 aromatic heterocycles. The van der Waals surface area contributed by atoms with Crippen molar-refractivity contribution in [1.29, 1.82) is 0 Å². The van der Waals surface area contributed by atoms with Gasteiger partial charge in [-0.05, 0) is 35.0 Å². The maximum atomic E-state index is 13.1. The number of amides is 2. The lowest BCUT2D eigenvalue weighted by atomic mass is 9.94. The Morgan fingerprint density at radius 1 is 0.931 bits per heavy atom. The fourth-order valence-corrected chi connectivity index (χ4v) is 3.74. The van der Waals surface area contributed by atoms with Gasteiger partial charge >= 0.3 is 0 Å². The number of hydrogen-bond acceptors (Lipinski definition) is 6. The lowest BCUT2D eigenvalue weighted by Gasteiger charge is -2.16. The highest BCUT2D eigenvalue weighted by atomic mass is 16.7. The number of nitro benzene ring substituents is 1. The number of benzene rings is 3. The fourth-order valence-electron chi connectivity index (χ4n) is 3.74. The van der Waals surface area contributed by atoms with E-state index in [-0.39, 0.29) is 5.69 Å². The molecular formula is C21H13N3O5. The van der Waals surface area contributed by atoms with Gasteiger partial charge in [0.15, 0.2) is 0 Å². The van der Waals surface area contributed by atoms with Crippen LogP contribution in [-0.2, 0) is 14.4 Å². The van der Waals surface area contributed by atoms with E-state index in [2.05, 4.69) is 5.16 Å². The minimum absolute atomic E-state index is 0.0727. The molecule has 0 saturated carbocycles. The van der Waals surface area contributed by atoms with E-state index in [1.54, 1.807) is 12.1 Å². The van der Waals surface area contributed by atoms with Gasteiger partial charge in [0, 0.05) is 17.7 Å². The summed E-state index contributed by atoms with van der Waals surface area (Å²) >= 11 is 0. The molecule has 0 N–H and O–H groups in total. The molecule has 1 saturated heterocycles. The highest BCUT2D eigenvalue weighted by Crippen LogP contribution is 2.36. The van der Waals surface area contributed by atoms with E-state index in [1.807, 2.05) is 30.3 Å². The van der Waals surface area contributed by atoms with Crippen molar-refractivity contribution in [2.24, 2.45) is 11.1 Å². The summed E-state index contributed by atoms with van der Waals surface area (Å²) in [5.74, 6) is -1.78. The van der Waals surface area contributed by atoms with E-state index < -0.39 is 28.8 Å². The number of rotatable bonds is 3. The van der Waals surface area contributed by atoms with Crippen LogP contribution in [0.4, 0.5) is 11.4 Å².